The second kappa shape index (κ2) is 11.4. The smallest absolute Gasteiger partial charge is 0.308 e. The molecule has 1 saturated heterocycles. The standard InChI is InChI=1S/C20H30N4O3.HI/c1-21-20(24-12-9-15(10-13-24)19(25)26-2)23-14-16-6-5-11-22-18(16)27-17-7-3-4-8-17;/h5-6,11,15,17H,3-4,7-10,12-14H2,1-2H3,(H,21,23);1H. The maximum atomic E-state index is 11.7. The average Bonchev–Trinajstić information content (AvgIpc) is 3.22. The molecule has 1 aromatic rings. The van der Waals surface area contributed by atoms with E-state index in [0.29, 0.717) is 6.54 Å². The van der Waals surface area contributed by atoms with Crippen molar-refractivity contribution in [3.05, 3.63) is 23.9 Å². The van der Waals surface area contributed by atoms with Crippen LogP contribution < -0.4 is 10.1 Å². The number of pyridine rings is 1. The van der Waals surface area contributed by atoms with Crippen molar-refractivity contribution in [2.45, 2.75) is 51.2 Å². The molecule has 0 unspecified atom stereocenters. The summed E-state index contributed by atoms with van der Waals surface area (Å²) in [6.45, 7) is 2.19. The van der Waals surface area contributed by atoms with Crippen LogP contribution in [0.1, 0.15) is 44.1 Å². The molecule has 3 rings (SSSR count). The summed E-state index contributed by atoms with van der Waals surface area (Å²) >= 11 is 0. The Balaban J connectivity index is 0.00000280. The number of hydrogen-bond donors (Lipinski definition) is 1. The predicted molar refractivity (Wildman–Crippen MR) is 119 cm³/mol. The van der Waals surface area contributed by atoms with E-state index in [2.05, 4.69) is 20.2 Å². The van der Waals surface area contributed by atoms with E-state index in [4.69, 9.17) is 9.47 Å². The Morgan fingerprint density at radius 2 is 2.00 bits per heavy atom. The fourth-order valence-electron chi connectivity index (χ4n) is 3.83. The van der Waals surface area contributed by atoms with Crippen LogP contribution in [0.2, 0.25) is 0 Å². The van der Waals surface area contributed by atoms with Crippen molar-refractivity contribution in [2.75, 3.05) is 27.2 Å². The fourth-order valence-corrected chi connectivity index (χ4v) is 3.83. The summed E-state index contributed by atoms with van der Waals surface area (Å²) in [4.78, 5) is 22.7. The summed E-state index contributed by atoms with van der Waals surface area (Å²) in [7, 11) is 3.24. The maximum absolute atomic E-state index is 11.7. The van der Waals surface area contributed by atoms with E-state index < -0.39 is 0 Å². The predicted octanol–water partition coefficient (Wildman–Crippen LogP) is 2.98. The van der Waals surface area contributed by atoms with Gasteiger partial charge in [-0.15, -0.1) is 24.0 Å². The minimum Gasteiger partial charge on any atom is -0.474 e. The first-order chi connectivity index (χ1) is 13.2. The lowest BCUT2D eigenvalue weighted by atomic mass is 9.97. The molecule has 0 spiro atoms. The van der Waals surface area contributed by atoms with Gasteiger partial charge in [0.05, 0.1) is 13.0 Å². The number of aliphatic imine (C=N–C) groups is 1. The van der Waals surface area contributed by atoms with Gasteiger partial charge in [-0.05, 0) is 44.6 Å². The second-order valence-corrected chi connectivity index (χ2v) is 7.18. The molecular formula is C20H31IN4O3. The zero-order valence-electron chi connectivity index (χ0n) is 16.7. The lowest BCUT2D eigenvalue weighted by Crippen LogP contribution is -2.46. The molecule has 28 heavy (non-hydrogen) atoms. The van der Waals surface area contributed by atoms with Crippen LogP contribution in [0.15, 0.2) is 23.3 Å². The zero-order chi connectivity index (χ0) is 19.1. The number of nitrogens with one attached hydrogen (secondary N) is 1. The van der Waals surface area contributed by atoms with E-state index in [1.54, 1.807) is 13.2 Å². The number of carbonyl (C=O) groups excluding carboxylic acids is 1. The molecule has 8 heteroatoms. The molecule has 0 radical (unpaired) electrons. The largest absolute Gasteiger partial charge is 0.474 e. The Morgan fingerprint density at radius 1 is 1.29 bits per heavy atom. The molecule has 0 aromatic carbocycles. The highest BCUT2D eigenvalue weighted by Gasteiger charge is 2.27. The van der Waals surface area contributed by atoms with Gasteiger partial charge in [0.15, 0.2) is 5.96 Å². The number of piperidine rings is 1. The number of nitrogens with zero attached hydrogens (tertiary/aromatic N) is 3. The SMILES string of the molecule is CN=C(NCc1cccnc1OC1CCCC1)N1CCC(C(=O)OC)CC1.I. The van der Waals surface area contributed by atoms with Crippen molar-refractivity contribution in [1.29, 1.82) is 0 Å². The lowest BCUT2D eigenvalue weighted by molar-refractivity contribution is -0.146. The number of carbonyl (C=O) groups is 1. The first-order valence-electron chi connectivity index (χ1n) is 9.85. The lowest BCUT2D eigenvalue weighted by Gasteiger charge is -2.33. The molecule has 156 valence electrons. The first kappa shape index (κ1) is 22.7. The number of methoxy groups -OCH3 is 1. The van der Waals surface area contributed by atoms with Gasteiger partial charge < -0.3 is 19.7 Å². The van der Waals surface area contributed by atoms with E-state index in [-0.39, 0.29) is 42.0 Å². The van der Waals surface area contributed by atoms with Gasteiger partial charge in [-0.1, -0.05) is 6.07 Å². The van der Waals surface area contributed by atoms with Crippen LogP contribution in [-0.4, -0.2) is 55.2 Å². The van der Waals surface area contributed by atoms with Crippen molar-refractivity contribution in [2.24, 2.45) is 10.9 Å². The second-order valence-electron chi connectivity index (χ2n) is 7.18. The molecule has 7 nitrogen and oxygen atoms in total. The number of ether oxygens (including phenoxy) is 2. The van der Waals surface area contributed by atoms with Crippen molar-refractivity contribution < 1.29 is 14.3 Å². The monoisotopic (exact) mass is 502 g/mol. The van der Waals surface area contributed by atoms with Crippen molar-refractivity contribution in [3.63, 3.8) is 0 Å². The number of hydrogen-bond acceptors (Lipinski definition) is 5. The average molecular weight is 502 g/mol. The van der Waals surface area contributed by atoms with Gasteiger partial charge in [0, 0.05) is 38.4 Å². The molecular weight excluding hydrogens is 471 g/mol. The summed E-state index contributed by atoms with van der Waals surface area (Å²) < 4.78 is 11.0. The van der Waals surface area contributed by atoms with E-state index in [9.17, 15) is 4.79 Å². The zero-order valence-corrected chi connectivity index (χ0v) is 19.1. The van der Waals surface area contributed by atoms with Crippen LogP contribution >= 0.6 is 24.0 Å². The summed E-state index contributed by atoms with van der Waals surface area (Å²) in [5.74, 6) is 1.45. The third-order valence-electron chi connectivity index (χ3n) is 5.41. The first-order valence-corrected chi connectivity index (χ1v) is 9.85. The molecule has 2 aliphatic rings. The van der Waals surface area contributed by atoms with Crippen LogP contribution in [0.25, 0.3) is 0 Å². The Kier molecular flexibility index (Phi) is 9.27. The normalized spacial score (nSPS) is 18.5. The van der Waals surface area contributed by atoms with Crippen LogP contribution in [0, 0.1) is 5.92 Å². The number of halogens is 1. The van der Waals surface area contributed by atoms with E-state index in [0.717, 1.165) is 56.2 Å². The van der Waals surface area contributed by atoms with E-state index in [1.807, 2.05) is 12.1 Å². The topological polar surface area (TPSA) is 76.1 Å². The molecule has 0 bridgehead atoms. The molecule has 1 saturated carbocycles. The van der Waals surface area contributed by atoms with Crippen LogP contribution in [-0.2, 0) is 16.1 Å². The van der Waals surface area contributed by atoms with Gasteiger partial charge in [-0.25, -0.2) is 4.98 Å². The summed E-state index contributed by atoms with van der Waals surface area (Å²) in [6.07, 6.45) is 8.33. The number of aromatic nitrogens is 1. The molecule has 2 heterocycles. The number of guanidine groups is 1. The minimum atomic E-state index is -0.110. The highest BCUT2D eigenvalue weighted by Crippen LogP contribution is 2.25. The molecule has 1 aromatic heterocycles. The highest BCUT2D eigenvalue weighted by molar-refractivity contribution is 14.0. The fraction of sp³-hybridized carbons (Fsp3) is 0.650. The third kappa shape index (κ3) is 5.96. The number of likely N-dealkylation sites (tertiary alicyclic amines) is 1. The third-order valence-corrected chi connectivity index (χ3v) is 5.41. The van der Waals surface area contributed by atoms with Crippen molar-refractivity contribution in [1.82, 2.24) is 15.2 Å². The highest BCUT2D eigenvalue weighted by atomic mass is 127. The quantitative estimate of drug-likeness (QED) is 0.289. The van der Waals surface area contributed by atoms with Gasteiger partial charge in [0.2, 0.25) is 5.88 Å². The van der Waals surface area contributed by atoms with Crippen LogP contribution in [0.5, 0.6) is 5.88 Å². The molecule has 1 aliphatic carbocycles. The molecule has 0 amide bonds. The summed E-state index contributed by atoms with van der Waals surface area (Å²) in [5, 5.41) is 3.42. The molecule has 0 atom stereocenters. The Hall–Kier alpha value is -1.58. The number of esters is 1. The Morgan fingerprint density at radius 3 is 2.64 bits per heavy atom. The van der Waals surface area contributed by atoms with Crippen molar-refractivity contribution in [3.8, 4) is 5.88 Å². The molecule has 2 fully saturated rings. The summed E-state index contributed by atoms with van der Waals surface area (Å²) in [6, 6.07) is 3.98. The van der Waals surface area contributed by atoms with Gasteiger partial charge in [0.25, 0.3) is 0 Å². The minimum absolute atomic E-state index is 0. The van der Waals surface area contributed by atoms with Gasteiger partial charge >= 0.3 is 5.97 Å². The molecule has 1 N–H and O–H groups in total. The van der Waals surface area contributed by atoms with Gasteiger partial charge in [-0.2, -0.15) is 0 Å². The van der Waals surface area contributed by atoms with Gasteiger partial charge in [0.1, 0.15) is 6.10 Å². The van der Waals surface area contributed by atoms with Crippen LogP contribution in [0.3, 0.4) is 0 Å². The van der Waals surface area contributed by atoms with E-state index in [1.165, 1.54) is 20.0 Å². The van der Waals surface area contributed by atoms with E-state index >= 15 is 0 Å². The molecule has 1 aliphatic heterocycles. The Labute approximate surface area is 184 Å². The maximum Gasteiger partial charge on any atom is 0.308 e. The number of rotatable bonds is 5. The van der Waals surface area contributed by atoms with Gasteiger partial charge in [-0.3, -0.25) is 9.79 Å². The van der Waals surface area contributed by atoms with Crippen molar-refractivity contribution >= 4 is 35.9 Å². The van der Waals surface area contributed by atoms with Crippen LogP contribution in [0.4, 0.5) is 0 Å². The summed E-state index contributed by atoms with van der Waals surface area (Å²) in [5.41, 5.74) is 1.04. The Bertz CT molecular complexity index is 657.